The van der Waals surface area contributed by atoms with Gasteiger partial charge in [0.2, 0.25) is 0 Å². The standard InChI is InChI=1S/C23H18ClN3O/c1-15-6-2-4-8-19(15)23(27-28)20-11-10-17(13-21(20)24)26-18-12-16-7-3-5-9-22(16)25-14-18/h2-14,26,28H,1H3. The minimum Gasteiger partial charge on any atom is -0.410 e. The smallest absolute Gasteiger partial charge is 0.118 e. The maximum absolute atomic E-state index is 9.59. The van der Waals surface area contributed by atoms with Gasteiger partial charge in [-0.1, -0.05) is 59.2 Å². The molecular formula is C23H18ClN3O. The van der Waals surface area contributed by atoms with Crippen molar-refractivity contribution in [2.75, 3.05) is 5.32 Å². The van der Waals surface area contributed by atoms with Crippen LogP contribution < -0.4 is 5.32 Å². The lowest BCUT2D eigenvalue weighted by Gasteiger charge is -2.12. The Balaban J connectivity index is 1.64. The number of hydrogen-bond donors (Lipinski definition) is 2. The number of nitrogens with one attached hydrogen (secondary N) is 1. The van der Waals surface area contributed by atoms with Crippen LogP contribution in [0.5, 0.6) is 0 Å². The van der Waals surface area contributed by atoms with Crippen molar-refractivity contribution in [3.63, 3.8) is 0 Å². The lowest BCUT2D eigenvalue weighted by atomic mass is 9.98. The second kappa shape index (κ2) is 7.71. The van der Waals surface area contributed by atoms with E-state index in [4.69, 9.17) is 11.6 Å². The summed E-state index contributed by atoms with van der Waals surface area (Å²) in [5.41, 5.74) is 5.61. The molecule has 28 heavy (non-hydrogen) atoms. The van der Waals surface area contributed by atoms with Crippen LogP contribution in [0.4, 0.5) is 11.4 Å². The number of nitrogens with zero attached hydrogens (tertiary/aromatic N) is 2. The van der Waals surface area contributed by atoms with Gasteiger partial charge in [0.05, 0.1) is 22.4 Å². The molecule has 4 nitrogen and oxygen atoms in total. The van der Waals surface area contributed by atoms with E-state index in [0.717, 1.165) is 33.4 Å². The Morgan fingerprint density at radius 2 is 1.71 bits per heavy atom. The van der Waals surface area contributed by atoms with Gasteiger partial charge in [-0.2, -0.15) is 0 Å². The summed E-state index contributed by atoms with van der Waals surface area (Å²) in [4.78, 5) is 4.46. The van der Waals surface area contributed by atoms with Gasteiger partial charge < -0.3 is 10.5 Å². The van der Waals surface area contributed by atoms with Gasteiger partial charge >= 0.3 is 0 Å². The molecule has 0 aliphatic heterocycles. The molecule has 4 rings (SSSR count). The summed E-state index contributed by atoms with van der Waals surface area (Å²) in [7, 11) is 0. The van der Waals surface area contributed by atoms with Crippen LogP contribution in [0.25, 0.3) is 10.9 Å². The zero-order valence-corrected chi connectivity index (χ0v) is 16.0. The number of aromatic nitrogens is 1. The SMILES string of the molecule is Cc1ccccc1C(=NO)c1ccc(Nc2cnc3ccccc3c2)cc1Cl. The molecule has 5 heteroatoms. The van der Waals surface area contributed by atoms with E-state index in [0.29, 0.717) is 16.3 Å². The highest BCUT2D eigenvalue weighted by atomic mass is 35.5. The summed E-state index contributed by atoms with van der Waals surface area (Å²) in [6.07, 6.45) is 1.79. The summed E-state index contributed by atoms with van der Waals surface area (Å²) in [6.45, 7) is 1.97. The molecule has 0 atom stereocenters. The molecule has 0 radical (unpaired) electrons. The molecule has 1 aromatic heterocycles. The van der Waals surface area contributed by atoms with E-state index in [1.165, 1.54) is 0 Å². The summed E-state index contributed by atoms with van der Waals surface area (Å²) in [5.74, 6) is 0. The Labute approximate surface area is 168 Å². The second-order valence-corrected chi connectivity index (χ2v) is 6.91. The first-order valence-corrected chi connectivity index (χ1v) is 9.23. The Hall–Kier alpha value is -3.37. The van der Waals surface area contributed by atoms with Crippen molar-refractivity contribution in [3.05, 3.63) is 101 Å². The Kier molecular flexibility index (Phi) is 4.96. The molecule has 1 heterocycles. The Morgan fingerprint density at radius 3 is 2.50 bits per heavy atom. The molecule has 0 saturated heterocycles. The maximum atomic E-state index is 9.59. The van der Waals surface area contributed by atoms with E-state index < -0.39 is 0 Å². The summed E-state index contributed by atoms with van der Waals surface area (Å²) >= 11 is 6.52. The quantitative estimate of drug-likeness (QED) is 0.250. The highest BCUT2D eigenvalue weighted by molar-refractivity contribution is 6.35. The number of pyridine rings is 1. The third kappa shape index (κ3) is 3.55. The predicted octanol–water partition coefficient (Wildman–Crippen LogP) is 6.17. The third-order valence-electron chi connectivity index (χ3n) is 4.60. The van der Waals surface area contributed by atoms with Crippen LogP contribution in [0.2, 0.25) is 5.02 Å². The summed E-state index contributed by atoms with van der Waals surface area (Å²) in [5, 5.41) is 18.0. The fourth-order valence-corrected chi connectivity index (χ4v) is 3.45. The zero-order valence-electron chi connectivity index (χ0n) is 15.2. The Morgan fingerprint density at radius 1 is 0.929 bits per heavy atom. The number of benzene rings is 3. The molecule has 0 aliphatic carbocycles. The first-order chi connectivity index (χ1) is 13.7. The molecule has 0 amide bonds. The van der Waals surface area contributed by atoms with Gasteiger partial charge in [0.25, 0.3) is 0 Å². The van der Waals surface area contributed by atoms with Gasteiger partial charge in [0, 0.05) is 22.2 Å². The minimum atomic E-state index is 0.446. The zero-order chi connectivity index (χ0) is 19.5. The highest BCUT2D eigenvalue weighted by Gasteiger charge is 2.14. The van der Waals surface area contributed by atoms with Gasteiger partial charge in [0.15, 0.2) is 0 Å². The number of para-hydroxylation sites is 1. The molecule has 0 fully saturated rings. The summed E-state index contributed by atoms with van der Waals surface area (Å²) in [6, 6.07) is 23.3. The highest BCUT2D eigenvalue weighted by Crippen LogP contribution is 2.27. The minimum absolute atomic E-state index is 0.446. The fourth-order valence-electron chi connectivity index (χ4n) is 3.18. The lowest BCUT2D eigenvalue weighted by molar-refractivity contribution is 0.319. The molecule has 2 N–H and O–H groups in total. The van der Waals surface area contributed by atoms with Crippen LogP contribution in [0, 0.1) is 6.92 Å². The van der Waals surface area contributed by atoms with Crippen molar-refractivity contribution in [1.29, 1.82) is 0 Å². The van der Waals surface area contributed by atoms with Crippen LogP contribution in [0.3, 0.4) is 0 Å². The number of aryl methyl sites for hydroxylation is 1. The molecular weight excluding hydrogens is 370 g/mol. The van der Waals surface area contributed by atoms with Gasteiger partial charge in [-0.3, -0.25) is 4.98 Å². The van der Waals surface area contributed by atoms with E-state index in [-0.39, 0.29) is 0 Å². The topological polar surface area (TPSA) is 57.5 Å². The second-order valence-electron chi connectivity index (χ2n) is 6.50. The van der Waals surface area contributed by atoms with Gasteiger partial charge in [0.1, 0.15) is 5.71 Å². The molecule has 0 saturated carbocycles. The average molecular weight is 388 g/mol. The van der Waals surface area contributed by atoms with E-state index in [9.17, 15) is 5.21 Å². The first-order valence-electron chi connectivity index (χ1n) is 8.85. The van der Waals surface area contributed by atoms with Gasteiger partial charge in [-0.05, 0) is 42.8 Å². The molecule has 0 bridgehead atoms. The molecule has 0 unspecified atom stereocenters. The fraction of sp³-hybridized carbons (Fsp3) is 0.0435. The number of rotatable bonds is 4. The number of hydrogen-bond acceptors (Lipinski definition) is 4. The van der Waals surface area contributed by atoms with Crippen molar-refractivity contribution >= 4 is 39.6 Å². The van der Waals surface area contributed by atoms with E-state index in [2.05, 4.69) is 15.5 Å². The number of halogens is 1. The van der Waals surface area contributed by atoms with Crippen molar-refractivity contribution in [2.45, 2.75) is 6.92 Å². The maximum Gasteiger partial charge on any atom is 0.118 e. The number of fused-ring (bicyclic) bond motifs is 1. The normalized spacial score (nSPS) is 11.6. The van der Waals surface area contributed by atoms with Crippen LogP contribution in [-0.4, -0.2) is 15.9 Å². The summed E-state index contributed by atoms with van der Waals surface area (Å²) < 4.78 is 0. The third-order valence-corrected chi connectivity index (χ3v) is 4.92. The molecule has 0 spiro atoms. The van der Waals surface area contributed by atoms with E-state index >= 15 is 0 Å². The first kappa shape index (κ1) is 18.0. The number of anilines is 2. The van der Waals surface area contributed by atoms with Crippen molar-refractivity contribution < 1.29 is 5.21 Å². The lowest BCUT2D eigenvalue weighted by Crippen LogP contribution is -2.06. The van der Waals surface area contributed by atoms with E-state index in [1.807, 2.05) is 79.7 Å². The van der Waals surface area contributed by atoms with Crippen molar-refractivity contribution in [3.8, 4) is 0 Å². The molecule has 4 aromatic rings. The molecule has 0 aliphatic rings. The van der Waals surface area contributed by atoms with Crippen LogP contribution >= 0.6 is 11.6 Å². The van der Waals surface area contributed by atoms with Crippen molar-refractivity contribution in [2.24, 2.45) is 5.16 Å². The van der Waals surface area contributed by atoms with Gasteiger partial charge in [-0.15, -0.1) is 0 Å². The van der Waals surface area contributed by atoms with Crippen molar-refractivity contribution in [1.82, 2.24) is 4.98 Å². The number of oxime groups is 1. The molecule has 138 valence electrons. The van der Waals surface area contributed by atoms with E-state index in [1.54, 1.807) is 6.20 Å². The van der Waals surface area contributed by atoms with Gasteiger partial charge in [-0.25, -0.2) is 0 Å². The predicted molar refractivity (Wildman–Crippen MR) is 115 cm³/mol. The monoisotopic (exact) mass is 387 g/mol. The largest absolute Gasteiger partial charge is 0.410 e. The van der Waals surface area contributed by atoms with Crippen LogP contribution in [0.1, 0.15) is 16.7 Å². The van der Waals surface area contributed by atoms with Crippen LogP contribution in [0.15, 0.2) is 84.1 Å². The average Bonchev–Trinajstić information content (AvgIpc) is 2.71. The van der Waals surface area contributed by atoms with Crippen LogP contribution in [-0.2, 0) is 0 Å². The Bertz CT molecular complexity index is 1190. The molecule has 3 aromatic carbocycles.